The maximum Gasteiger partial charge on any atom is 0.293 e. The molecule has 2 aromatic rings. The van der Waals surface area contributed by atoms with E-state index in [9.17, 15) is 10.1 Å². The van der Waals surface area contributed by atoms with Crippen molar-refractivity contribution in [2.24, 2.45) is 7.05 Å². The molecular weight excluding hydrogens is 270 g/mol. The molecule has 100 valence electrons. The summed E-state index contributed by atoms with van der Waals surface area (Å²) in [5, 5.41) is 22.0. The van der Waals surface area contributed by atoms with E-state index in [-0.39, 0.29) is 17.4 Å². The first-order chi connectivity index (χ1) is 9.00. The van der Waals surface area contributed by atoms with Gasteiger partial charge in [0.15, 0.2) is 5.82 Å². The van der Waals surface area contributed by atoms with Gasteiger partial charge in [-0.2, -0.15) is 0 Å². The van der Waals surface area contributed by atoms with Crippen LogP contribution in [0.15, 0.2) is 24.5 Å². The minimum atomic E-state index is -0.475. The SMILES string of the molecule is CC(Nc1c(Cl)cccc1[N+](=O)[O-])c1nncn1C. The summed E-state index contributed by atoms with van der Waals surface area (Å²) in [4.78, 5) is 10.5. The van der Waals surface area contributed by atoms with Crippen molar-refractivity contribution in [2.75, 3.05) is 5.32 Å². The van der Waals surface area contributed by atoms with Gasteiger partial charge < -0.3 is 9.88 Å². The zero-order valence-corrected chi connectivity index (χ0v) is 11.1. The van der Waals surface area contributed by atoms with Gasteiger partial charge in [0.1, 0.15) is 12.0 Å². The number of rotatable bonds is 4. The molecule has 0 fully saturated rings. The summed E-state index contributed by atoms with van der Waals surface area (Å²) in [5.41, 5.74) is 0.214. The molecular formula is C11H12ClN5O2. The second kappa shape index (κ2) is 5.23. The number of para-hydroxylation sites is 1. The summed E-state index contributed by atoms with van der Waals surface area (Å²) in [5.74, 6) is 0.661. The average Bonchev–Trinajstić information content (AvgIpc) is 2.77. The third kappa shape index (κ3) is 2.65. The Morgan fingerprint density at radius 1 is 1.53 bits per heavy atom. The molecule has 8 heteroatoms. The fourth-order valence-electron chi connectivity index (χ4n) is 1.77. The summed E-state index contributed by atoms with van der Waals surface area (Å²) >= 11 is 6.01. The van der Waals surface area contributed by atoms with Crippen LogP contribution in [0.5, 0.6) is 0 Å². The molecule has 1 aromatic carbocycles. The highest BCUT2D eigenvalue weighted by atomic mass is 35.5. The lowest BCUT2D eigenvalue weighted by Gasteiger charge is -2.15. The molecule has 0 saturated carbocycles. The van der Waals surface area contributed by atoms with Gasteiger partial charge in [-0.3, -0.25) is 10.1 Å². The van der Waals surface area contributed by atoms with E-state index in [2.05, 4.69) is 15.5 Å². The van der Waals surface area contributed by atoms with E-state index in [0.717, 1.165) is 0 Å². The van der Waals surface area contributed by atoms with Crippen molar-refractivity contribution in [2.45, 2.75) is 13.0 Å². The maximum atomic E-state index is 11.0. The van der Waals surface area contributed by atoms with E-state index in [1.807, 2.05) is 6.92 Å². The Hall–Kier alpha value is -2.15. The first-order valence-electron chi connectivity index (χ1n) is 5.54. The normalized spacial score (nSPS) is 12.2. The lowest BCUT2D eigenvalue weighted by Crippen LogP contribution is -2.13. The van der Waals surface area contributed by atoms with Crippen molar-refractivity contribution in [1.29, 1.82) is 0 Å². The highest BCUT2D eigenvalue weighted by Crippen LogP contribution is 2.34. The van der Waals surface area contributed by atoms with Crippen LogP contribution in [-0.2, 0) is 7.05 Å². The van der Waals surface area contributed by atoms with Crippen LogP contribution in [0.1, 0.15) is 18.8 Å². The van der Waals surface area contributed by atoms with E-state index in [0.29, 0.717) is 10.8 Å². The van der Waals surface area contributed by atoms with Crippen molar-refractivity contribution in [3.63, 3.8) is 0 Å². The molecule has 0 radical (unpaired) electrons. The Bertz CT molecular complexity index is 613. The molecule has 1 heterocycles. The maximum absolute atomic E-state index is 11.0. The first-order valence-corrected chi connectivity index (χ1v) is 5.92. The summed E-state index contributed by atoms with van der Waals surface area (Å²) in [7, 11) is 1.80. The van der Waals surface area contributed by atoms with Crippen molar-refractivity contribution < 1.29 is 4.92 Å². The van der Waals surface area contributed by atoms with Crippen LogP contribution in [0.4, 0.5) is 11.4 Å². The molecule has 19 heavy (non-hydrogen) atoms. The molecule has 0 saturated heterocycles. The molecule has 1 aromatic heterocycles. The highest BCUT2D eigenvalue weighted by molar-refractivity contribution is 6.33. The molecule has 7 nitrogen and oxygen atoms in total. The predicted molar refractivity (Wildman–Crippen MR) is 71.1 cm³/mol. The molecule has 1 unspecified atom stereocenters. The van der Waals surface area contributed by atoms with Gasteiger partial charge in [0.2, 0.25) is 0 Å². The van der Waals surface area contributed by atoms with Crippen molar-refractivity contribution in [3.8, 4) is 0 Å². The van der Waals surface area contributed by atoms with Crippen LogP contribution in [0, 0.1) is 10.1 Å². The number of aryl methyl sites for hydroxylation is 1. The average molecular weight is 282 g/mol. The van der Waals surface area contributed by atoms with Crippen LogP contribution in [0.3, 0.4) is 0 Å². The van der Waals surface area contributed by atoms with Crippen LogP contribution in [-0.4, -0.2) is 19.7 Å². The van der Waals surface area contributed by atoms with Gasteiger partial charge >= 0.3 is 0 Å². The quantitative estimate of drug-likeness (QED) is 0.687. The third-order valence-electron chi connectivity index (χ3n) is 2.68. The minimum absolute atomic E-state index is 0.0680. The predicted octanol–water partition coefficient (Wildman–Crippen LogP) is 2.55. The Balaban J connectivity index is 2.33. The molecule has 0 aliphatic carbocycles. The molecule has 1 atom stereocenters. The van der Waals surface area contributed by atoms with E-state index < -0.39 is 4.92 Å². The highest BCUT2D eigenvalue weighted by Gasteiger charge is 2.20. The van der Waals surface area contributed by atoms with Gasteiger partial charge in [0.25, 0.3) is 5.69 Å². The van der Waals surface area contributed by atoms with Gasteiger partial charge in [0.05, 0.1) is 16.0 Å². The fourth-order valence-corrected chi connectivity index (χ4v) is 2.00. The Labute approximate surface area is 114 Å². The Kier molecular flexibility index (Phi) is 3.66. The van der Waals surface area contributed by atoms with Crippen LogP contribution < -0.4 is 5.32 Å². The topological polar surface area (TPSA) is 85.9 Å². The molecule has 0 amide bonds. The molecule has 0 bridgehead atoms. The zero-order chi connectivity index (χ0) is 14.0. The Morgan fingerprint density at radius 3 is 2.84 bits per heavy atom. The molecule has 1 N–H and O–H groups in total. The van der Waals surface area contributed by atoms with Crippen molar-refractivity contribution >= 4 is 23.0 Å². The molecule has 0 aliphatic rings. The number of anilines is 1. The zero-order valence-electron chi connectivity index (χ0n) is 10.4. The third-order valence-corrected chi connectivity index (χ3v) is 3.00. The number of nitro benzene ring substituents is 1. The molecule has 0 aliphatic heterocycles. The minimum Gasteiger partial charge on any atom is -0.369 e. The standard InChI is InChI=1S/C11H12ClN5O2/c1-7(11-15-13-6-16(11)2)14-10-8(12)4-3-5-9(10)17(18)19/h3-7,14H,1-2H3. The van der Waals surface area contributed by atoms with E-state index in [1.165, 1.54) is 6.07 Å². The van der Waals surface area contributed by atoms with Gasteiger partial charge in [0, 0.05) is 13.1 Å². The number of benzene rings is 1. The monoisotopic (exact) mass is 281 g/mol. The van der Waals surface area contributed by atoms with E-state index in [4.69, 9.17) is 11.6 Å². The fraction of sp³-hybridized carbons (Fsp3) is 0.273. The lowest BCUT2D eigenvalue weighted by molar-refractivity contribution is -0.384. The van der Waals surface area contributed by atoms with Gasteiger partial charge in [-0.15, -0.1) is 10.2 Å². The van der Waals surface area contributed by atoms with Gasteiger partial charge in [-0.1, -0.05) is 17.7 Å². The smallest absolute Gasteiger partial charge is 0.293 e. The number of nitrogens with zero attached hydrogens (tertiary/aromatic N) is 4. The number of hydrogen-bond acceptors (Lipinski definition) is 5. The summed E-state index contributed by atoms with van der Waals surface area (Å²) in [6.45, 7) is 1.83. The van der Waals surface area contributed by atoms with E-state index >= 15 is 0 Å². The number of nitrogens with one attached hydrogen (secondary N) is 1. The number of nitro groups is 1. The number of halogens is 1. The number of aromatic nitrogens is 3. The van der Waals surface area contributed by atoms with Crippen LogP contribution in [0.25, 0.3) is 0 Å². The second-order valence-electron chi connectivity index (χ2n) is 4.06. The van der Waals surface area contributed by atoms with Crippen LogP contribution >= 0.6 is 11.6 Å². The van der Waals surface area contributed by atoms with Gasteiger partial charge in [-0.05, 0) is 13.0 Å². The van der Waals surface area contributed by atoms with Crippen molar-refractivity contribution in [1.82, 2.24) is 14.8 Å². The van der Waals surface area contributed by atoms with Crippen LogP contribution in [0.2, 0.25) is 5.02 Å². The summed E-state index contributed by atoms with van der Waals surface area (Å²) < 4.78 is 1.74. The first kappa shape index (κ1) is 13.3. The largest absolute Gasteiger partial charge is 0.369 e. The molecule has 2 rings (SSSR count). The van der Waals surface area contributed by atoms with Gasteiger partial charge in [-0.25, -0.2) is 0 Å². The second-order valence-corrected chi connectivity index (χ2v) is 4.46. The Morgan fingerprint density at radius 2 is 2.26 bits per heavy atom. The van der Waals surface area contributed by atoms with E-state index in [1.54, 1.807) is 30.1 Å². The number of hydrogen-bond donors (Lipinski definition) is 1. The summed E-state index contributed by atoms with van der Waals surface area (Å²) in [6, 6.07) is 4.28. The molecule has 0 spiro atoms. The van der Waals surface area contributed by atoms with Crippen molar-refractivity contribution in [3.05, 3.63) is 45.5 Å². The summed E-state index contributed by atoms with van der Waals surface area (Å²) in [6.07, 6.45) is 1.56. The lowest BCUT2D eigenvalue weighted by atomic mass is 10.2.